The van der Waals surface area contributed by atoms with Crippen LogP contribution in [0.3, 0.4) is 0 Å². The Hall–Kier alpha value is 2.90. The molecule has 1 N–H and O–H groups in total. The van der Waals surface area contributed by atoms with Crippen LogP contribution in [0.4, 0.5) is 0 Å². The van der Waals surface area contributed by atoms with Crippen molar-refractivity contribution < 1.29 is 103 Å². The first-order valence-electron chi connectivity index (χ1n) is 4.82. The third kappa shape index (κ3) is 8.91. The van der Waals surface area contributed by atoms with E-state index in [1.165, 1.54) is 13.3 Å². The van der Waals surface area contributed by atoms with Crippen LogP contribution >= 0.6 is 0 Å². The van der Waals surface area contributed by atoms with Gasteiger partial charge in [-0.25, -0.2) is 0 Å². The number of hydrogen-bond acceptors (Lipinski definition) is 1. The fourth-order valence-electron chi connectivity index (χ4n) is 1.63. The summed E-state index contributed by atoms with van der Waals surface area (Å²) >= 11 is 0. The summed E-state index contributed by atoms with van der Waals surface area (Å²) in [6.07, 6.45) is 3.40. The summed E-state index contributed by atoms with van der Waals surface area (Å²) < 4.78 is 0. The summed E-state index contributed by atoms with van der Waals surface area (Å²) in [4.78, 5) is 10.8. The second-order valence-corrected chi connectivity index (χ2v) is 3.79. The summed E-state index contributed by atoms with van der Waals surface area (Å²) in [6, 6.07) is -0.361. The summed E-state index contributed by atoms with van der Waals surface area (Å²) in [5, 5.41) is 4.35. The molecule has 0 spiro atoms. The number of nitrogens with one attached hydrogen (secondary N) is 1. The molecule has 1 saturated carbocycles. The van der Waals surface area contributed by atoms with Crippen molar-refractivity contribution in [1.29, 1.82) is 0 Å². The number of hydrogen-bond donors (Lipinski definition) is 0. The zero-order valence-electron chi connectivity index (χ0n) is 9.86. The average molecular weight is 448 g/mol. The molecule has 3 nitrogen and oxygen atoms in total. The van der Waals surface area contributed by atoms with Gasteiger partial charge in [0.1, 0.15) is 5.78 Å². The Morgan fingerprint density at radius 1 is 1.50 bits per heavy atom. The molecule has 1 aliphatic carbocycles. The number of carbonyl (C=O) groups is 1. The number of nitrogens with zero attached hydrogens (tertiary/aromatic N) is 1. The number of carbonyl (C=O) groups excluding carboxylic acids is 1. The molecule has 16 heavy (non-hydrogen) atoms. The normalized spacial score (nSPS) is 24.7. The maximum absolute atomic E-state index is 10.8. The molecule has 82 valence electrons. The molecular formula is C10H17N2OY3. The minimum Gasteiger partial charge on any atom is -0.670 e. The van der Waals surface area contributed by atoms with E-state index in [0.29, 0.717) is 18.5 Å². The quantitative estimate of drug-likeness (QED) is 0.610. The Balaban J connectivity index is -0.000000563. The zero-order chi connectivity index (χ0) is 9.84. The van der Waals surface area contributed by atoms with Crippen LogP contribution in [0.5, 0.6) is 0 Å². The van der Waals surface area contributed by atoms with Gasteiger partial charge in [0.25, 0.3) is 0 Å². The fourth-order valence-corrected chi connectivity index (χ4v) is 1.63. The summed E-state index contributed by atoms with van der Waals surface area (Å²) in [5.74, 6) is 0.307. The topological polar surface area (TPSA) is 55.0 Å². The van der Waals surface area contributed by atoms with Crippen molar-refractivity contribution in [2.45, 2.75) is 38.3 Å². The van der Waals surface area contributed by atoms with Crippen LogP contribution < -0.4 is 0 Å². The van der Waals surface area contributed by atoms with Crippen molar-refractivity contribution >= 4 is 5.78 Å². The molecule has 0 saturated heterocycles. The van der Waals surface area contributed by atoms with Crippen LogP contribution in [-0.4, -0.2) is 24.4 Å². The fraction of sp³-hybridized carbons (Fsp3) is 0.800. The molecule has 0 aromatic heterocycles. The van der Waals surface area contributed by atoms with Crippen molar-refractivity contribution in [1.82, 2.24) is 0 Å². The second kappa shape index (κ2) is 12.9. The molecule has 3 atom stereocenters. The van der Waals surface area contributed by atoms with Crippen LogP contribution in [0.1, 0.15) is 26.2 Å². The van der Waals surface area contributed by atoms with E-state index >= 15 is 0 Å². The summed E-state index contributed by atoms with van der Waals surface area (Å²) in [5.41, 5.74) is 7.39. The zero-order valence-corrected chi connectivity index (χ0v) is 18.4. The van der Waals surface area contributed by atoms with Crippen molar-refractivity contribution in [3.05, 3.63) is 18.0 Å². The van der Waals surface area contributed by atoms with Gasteiger partial charge in [-0.2, -0.15) is 18.5 Å². The Labute approximate surface area is 174 Å². The minimum atomic E-state index is -0.659. The van der Waals surface area contributed by atoms with E-state index in [2.05, 4.69) is 12.2 Å². The second-order valence-electron chi connectivity index (χ2n) is 3.79. The van der Waals surface area contributed by atoms with Crippen molar-refractivity contribution in [2.75, 3.05) is 6.54 Å². The maximum Gasteiger partial charge on any atom is 3.00 e. The minimum absolute atomic E-state index is 0. The summed E-state index contributed by atoms with van der Waals surface area (Å²) in [7, 11) is 0. The Morgan fingerprint density at radius 3 is 2.44 bits per heavy atom. The van der Waals surface area contributed by atoms with E-state index < -0.39 is 6.04 Å². The molecule has 6 heteroatoms. The maximum atomic E-state index is 10.8. The van der Waals surface area contributed by atoms with Crippen LogP contribution in [0.15, 0.2) is 0 Å². The van der Waals surface area contributed by atoms with Gasteiger partial charge < -0.3 is 22.8 Å². The van der Waals surface area contributed by atoms with Crippen molar-refractivity contribution in [2.24, 2.45) is 5.92 Å². The number of rotatable bonds is 4. The Bertz CT molecular complexity index is 193. The third-order valence-corrected chi connectivity index (χ3v) is 2.63. The predicted octanol–water partition coefficient (Wildman–Crippen LogP) is 2.37. The van der Waals surface area contributed by atoms with E-state index in [-0.39, 0.29) is 104 Å². The van der Waals surface area contributed by atoms with E-state index in [1.54, 1.807) is 0 Å². The van der Waals surface area contributed by atoms with Crippen LogP contribution in [0.2, 0.25) is 0 Å². The molecule has 0 amide bonds. The largest absolute Gasteiger partial charge is 3.00 e. The average Bonchev–Trinajstić information content (AvgIpc) is 2.47. The third-order valence-electron chi connectivity index (χ3n) is 2.63. The molecular weight excluding hydrogens is 431 g/mol. The molecule has 0 heterocycles. The van der Waals surface area contributed by atoms with Crippen molar-refractivity contribution in [3.8, 4) is 0 Å². The molecule has 1 rings (SSSR count). The summed E-state index contributed by atoms with van der Waals surface area (Å²) in [6.45, 7) is 5.80. The van der Waals surface area contributed by atoms with Gasteiger partial charge in [-0.15, -0.1) is 0 Å². The molecule has 2 radical (unpaired) electrons. The first kappa shape index (κ1) is 24.0. The van der Waals surface area contributed by atoms with Gasteiger partial charge in [0.2, 0.25) is 0 Å². The molecule has 0 bridgehead atoms. The van der Waals surface area contributed by atoms with Gasteiger partial charge in [0.05, 0.1) is 0 Å². The Kier molecular flexibility index (Phi) is 19.3. The van der Waals surface area contributed by atoms with Gasteiger partial charge in [-0.1, -0.05) is 25.3 Å². The first-order chi connectivity index (χ1) is 6.11. The van der Waals surface area contributed by atoms with Crippen LogP contribution in [-0.2, 0) is 103 Å². The molecule has 1 fully saturated rings. The standard InChI is InChI=1S/C10H17N2O.3Y/c1-7-4-3-5-10(7)12-6-9(11)8(2)13;;;/h7,9-11H,1,3-6H2,2H3;;;/q-3;;;+3. The van der Waals surface area contributed by atoms with Gasteiger partial charge in [0, 0.05) is 65.4 Å². The van der Waals surface area contributed by atoms with E-state index in [1.807, 2.05) is 0 Å². The van der Waals surface area contributed by atoms with E-state index in [4.69, 9.17) is 5.73 Å². The van der Waals surface area contributed by atoms with Gasteiger partial charge >= 0.3 is 32.7 Å². The molecule has 0 aromatic rings. The van der Waals surface area contributed by atoms with Crippen LogP contribution in [0.25, 0.3) is 11.1 Å². The first-order valence-corrected chi connectivity index (χ1v) is 4.82. The number of ketones is 1. The molecule has 3 unspecified atom stereocenters. The van der Waals surface area contributed by atoms with Gasteiger partial charge in [0.15, 0.2) is 0 Å². The monoisotopic (exact) mass is 448 g/mol. The van der Waals surface area contributed by atoms with E-state index in [0.717, 1.165) is 12.8 Å². The van der Waals surface area contributed by atoms with Gasteiger partial charge in [-0.05, 0) is 6.92 Å². The smallest absolute Gasteiger partial charge is 0.670 e. The predicted molar refractivity (Wildman–Crippen MR) is 53.5 cm³/mol. The number of Topliss-reactive ketones (excluding diaryl/α,β-unsaturated/α-hetero) is 1. The molecule has 0 aliphatic heterocycles. The van der Waals surface area contributed by atoms with Crippen molar-refractivity contribution in [3.63, 3.8) is 0 Å². The Morgan fingerprint density at radius 2 is 2.06 bits per heavy atom. The SMILES string of the molecule is [CH2-]C1CCCC1[N-]CC([NH-])C(C)=O.[Y+3].[Y].[Y]. The molecule has 0 aromatic carbocycles. The molecule has 1 aliphatic rings. The van der Waals surface area contributed by atoms with Gasteiger partial charge in [-0.3, -0.25) is 0 Å². The van der Waals surface area contributed by atoms with E-state index in [9.17, 15) is 4.79 Å². The van der Waals surface area contributed by atoms with Crippen LogP contribution in [0, 0.1) is 12.8 Å².